The summed E-state index contributed by atoms with van der Waals surface area (Å²) in [5.74, 6) is -0.668. The zero-order valence-electron chi connectivity index (χ0n) is 30.6. The lowest BCUT2D eigenvalue weighted by Gasteiger charge is -2.27. The summed E-state index contributed by atoms with van der Waals surface area (Å²) in [7, 11) is 1.48. The van der Waals surface area contributed by atoms with Crippen LogP contribution in [0.4, 0.5) is 11.9 Å². The molecule has 0 saturated heterocycles. The number of aromatic nitrogens is 7. The highest BCUT2D eigenvalue weighted by molar-refractivity contribution is 6.05. The van der Waals surface area contributed by atoms with Crippen molar-refractivity contribution < 1.29 is 28.7 Å². The highest BCUT2D eigenvalue weighted by atomic mass is 16.5. The number of ether oxygens (including phenoxy) is 2. The molecule has 0 saturated carbocycles. The van der Waals surface area contributed by atoms with E-state index in [1.165, 1.54) is 7.11 Å². The highest BCUT2D eigenvalue weighted by Gasteiger charge is 2.30. The van der Waals surface area contributed by atoms with Crippen molar-refractivity contribution in [3.63, 3.8) is 0 Å². The number of nitrogens with one attached hydrogen (secondary N) is 2. The van der Waals surface area contributed by atoms with Gasteiger partial charge in [0, 0.05) is 37.0 Å². The Kier molecular flexibility index (Phi) is 9.30. The van der Waals surface area contributed by atoms with Crippen LogP contribution in [0, 0.1) is 13.8 Å². The molecule has 0 bridgehead atoms. The van der Waals surface area contributed by atoms with Crippen LogP contribution < -0.4 is 31.6 Å². The van der Waals surface area contributed by atoms with Crippen LogP contribution in [0.1, 0.15) is 85.7 Å². The quantitative estimate of drug-likeness (QED) is 0.134. The number of nitrogens with two attached hydrogens (primary N) is 2. The molecule has 5 heterocycles. The van der Waals surface area contributed by atoms with E-state index >= 15 is 0 Å². The Bertz CT molecular complexity index is 2490. The molecule has 0 spiro atoms. The van der Waals surface area contributed by atoms with E-state index in [0.29, 0.717) is 89.1 Å². The molecule has 0 aliphatic carbocycles. The number of anilines is 2. The van der Waals surface area contributed by atoms with Gasteiger partial charge in [-0.25, -0.2) is 9.97 Å². The molecule has 0 fully saturated rings. The Morgan fingerprint density at radius 2 is 1.54 bits per heavy atom. The number of imidazole rings is 2. The van der Waals surface area contributed by atoms with Gasteiger partial charge in [-0.15, -0.1) is 0 Å². The number of rotatable bonds is 13. The average Bonchev–Trinajstić information content (AvgIpc) is 3.91. The largest absolute Gasteiger partial charge is 0.494 e. The third-order valence-corrected chi connectivity index (χ3v) is 9.55. The van der Waals surface area contributed by atoms with Gasteiger partial charge in [0.25, 0.3) is 11.8 Å². The van der Waals surface area contributed by atoms with E-state index in [-0.39, 0.29) is 35.6 Å². The zero-order valence-corrected chi connectivity index (χ0v) is 30.6. The number of aryl methyl sites for hydroxylation is 5. The van der Waals surface area contributed by atoms with Crippen molar-refractivity contribution in [2.75, 3.05) is 24.4 Å². The monoisotopic (exact) mass is 735 g/mol. The fourth-order valence-electron chi connectivity index (χ4n) is 7.10. The molecule has 1 aliphatic heterocycles. The molecule has 0 radical (unpaired) electrons. The molecule has 4 aromatic heterocycles. The maximum Gasteiger partial charge on any atom is 0.276 e. The second-order valence-corrected chi connectivity index (χ2v) is 13.2. The van der Waals surface area contributed by atoms with Crippen LogP contribution in [0.2, 0.25) is 0 Å². The summed E-state index contributed by atoms with van der Waals surface area (Å²) >= 11 is 0. The van der Waals surface area contributed by atoms with Gasteiger partial charge in [0.2, 0.25) is 23.7 Å². The number of methoxy groups -OCH3 is 1. The second kappa shape index (κ2) is 14.1. The first kappa shape index (κ1) is 35.7. The van der Waals surface area contributed by atoms with Gasteiger partial charge in [0.1, 0.15) is 40.5 Å². The SMILES string of the molecule is CCn1cc(C)cc1C(=O)Nc1nc2cc(C(N)=O)cc3c2n1[C@H](CCCn1c(NC(=O)c2cc(C)nn2CC)nc2cc(C(N)=O)cc(OC)c21)CO3. The molecule has 7 rings (SSSR count). The van der Waals surface area contributed by atoms with E-state index in [1.807, 2.05) is 53.7 Å². The summed E-state index contributed by atoms with van der Waals surface area (Å²) in [4.78, 5) is 61.0. The summed E-state index contributed by atoms with van der Waals surface area (Å²) in [6.07, 6.45) is 2.98. The predicted octanol–water partition coefficient (Wildman–Crippen LogP) is 4.17. The molecule has 0 unspecified atom stereocenters. The fraction of sp³-hybridized carbons (Fsp3) is 0.324. The number of carbonyl (C=O) groups excluding carboxylic acids is 4. The van der Waals surface area contributed by atoms with Gasteiger partial charge in [-0.2, -0.15) is 5.10 Å². The van der Waals surface area contributed by atoms with E-state index in [9.17, 15) is 19.2 Å². The Morgan fingerprint density at radius 1 is 0.870 bits per heavy atom. The van der Waals surface area contributed by atoms with Crippen LogP contribution in [0.5, 0.6) is 11.5 Å². The number of amides is 4. The van der Waals surface area contributed by atoms with Crippen molar-refractivity contribution in [1.82, 2.24) is 33.4 Å². The van der Waals surface area contributed by atoms with Crippen molar-refractivity contribution in [2.45, 2.75) is 66.2 Å². The summed E-state index contributed by atoms with van der Waals surface area (Å²) in [6, 6.07) is 9.50. The lowest BCUT2D eigenvalue weighted by Crippen LogP contribution is -2.26. The van der Waals surface area contributed by atoms with Crippen molar-refractivity contribution >= 4 is 57.6 Å². The predicted molar refractivity (Wildman–Crippen MR) is 200 cm³/mol. The summed E-state index contributed by atoms with van der Waals surface area (Å²) < 4.78 is 19.1. The molecule has 54 heavy (non-hydrogen) atoms. The van der Waals surface area contributed by atoms with Crippen LogP contribution in [-0.2, 0) is 19.6 Å². The second-order valence-electron chi connectivity index (χ2n) is 13.2. The number of nitrogens with zero attached hydrogens (tertiary/aromatic N) is 7. The van der Waals surface area contributed by atoms with Gasteiger partial charge in [0.15, 0.2) is 0 Å². The Morgan fingerprint density at radius 3 is 2.22 bits per heavy atom. The maximum atomic E-state index is 13.6. The Hall–Kier alpha value is -6.65. The maximum absolute atomic E-state index is 13.6. The van der Waals surface area contributed by atoms with E-state index < -0.39 is 17.7 Å². The number of benzene rings is 2. The normalized spacial score (nSPS) is 13.6. The molecule has 1 aliphatic rings. The average molecular weight is 736 g/mol. The zero-order chi connectivity index (χ0) is 38.4. The van der Waals surface area contributed by atoms with Gasteiger partial charge in [0.05, 0.1) is 29.9 Å². The Labute approximate surface area is 309 Å². The first-order chi connectivity index (χ1) is 25.9. The first-order valence-corrected chi connectivity index (χ1v) is 17.6. The van der Waals surface area contributed by atoms with Crippen LogP contribution in [0.25, 0.3) is 22.1 Å². The van der Waals surface area contributed by atoms with Gasteiger partial charge < -0.3 is 34.6 Å². The lowest BCUT2D eigenvalue weighted by molar-refractivity contribution is 0.0991. The van der Waals surface area contributed by atoms with Crippen LogP contribution in [-0.4, -0.2) is 70.8 Å². The fourth-order valence-corrected chi connectivity index (χ4v) is 7.10. The highest BCUT2D eigenvalue weighted by Crippen LogP contribution is 2.39. The van der Waals surface area contributed by atoms with E-state index in [4.69, 9.17) is 30.9 Å². The third kappa shape index (κ3) is 6.37. The molecule has 6 aromatic rings. The first-order valence-electron chi connectivity index (χ1n) is 17.6. The van der Waals surface area contributed by atoms with Crippen molar-refractivity contribution in [3.05, 3.63) is 76.4 Å². The van der Waals surface area contributed by atoms with E-state index in [2.05, 4.69) is 15.7 Å². The topological polar surface area (TPSA) is 221 Å². The molecule has 17 nitrogen and oxygen atoms in total. The van der Waals surface area contributed by atoms with E-state index in [0.717, 1.165) is 5.56 Å². The molecule has 6 N–H and O–H groups in total. The minimum atomic E-state index is -0.647. The van der Waals surface area contributed by atoms with Gasteiger partial charge >= 0.3 is 0 Å². The number of fused-ring (bicyclic) bond motifs is 1. The Balaban J connectivity index is 1.23. The number of hydrogen-bond donors (Lipinski definition) is 4. The lowest BCUT2D eigenvalue weighted by atomic mass is 10.1. The summed E-state index contributed by atoms with van der Waals surface area (Å²) in [5.41, 5.74) is 16.2. The van der Waals surface area contributed by atoms with Gasteiger partial charge in [-0.05, 0) is 82.5 Å². The minimum Gasteiger partial charge on any atom is -0.494 e. The molecule has 4 amide bonds. The van der Waals surface area contributed by atoms with Crippen LogP contribution in [0.15, 0.2) is 42.6 Å². The van der Waals surface area contributed by atoms with E-state index in [1.54, 1.807) is 35.0 Å². The van der Waals surface area contributed by atoms with Crippen molar-refractivity contribution in [1.29, 1.82) is 0 Å². The van der Waals surface area contributed by atoms with Gasteiger partial charge in [-0.3, -0.25) is 34.5 Å². The molecular formula is C37H41N11O6. The third-order valence-electron chi connectivity index (χ3n) is 9.55. The van der Waals surface area contributed by atoms with Gasteiger partial charge in [-0.1, -0.05) is 0 Å². The molecule has 280 valence electrons. The number of primary amides is 2. The minimum absolute atomic E-state index is 0.208. The molecular weight excluding hydrogens is 694 g/mol. The van der Waals surface area contributed by atoms with Crippen LogP contribution in [0.3, 0.4) is 0 Å². The standard InChI is InChI=1S/C37H41N11O6/c1-6-45-17-19(3)11-26(45)34(51)43-37-41-25-14-22(33(39)50)16-29-31(25)48(37)23(18-54-29)9-8-10-46-30-24(13-21(32(38)49)15-28(30)53-5)40-36(46)42-35(52)27-12-20(4)44-47(27)7-2/h11-17,23H,6-10,18H2,1-5H3,(H2,38,49)(H2,39,50)(H,40,42,52)(H,41,43,51)/t23-/m1/s1. The molecule has 2 aromatic carbocycles. The number of hydrogen-bond acceptors (Lipinski definition) is 9. The smallest absolute Gasteiger partial charge is 0.276 e. The molecule has 1 atom stereocenters. The summed E-state index contributed by atoms with van der Waals surface area (Å²) in [5, 5.41) is 10.3. The van der Waals surface area contributed by atoms with Crippen LogP contribution >= 0.6 is 0 Å². The van der Waals surface area contributed by atoms with Crippen molar-refractivity contribution in [3.8, 4) is 11.5 Å². The molecule has 17 heteroatoms. The summed E-state index contributed by atoms with van der Waals surface area (Å²) in [6.45, 7) is 9.27. The number of carbonyl (C=O) groups is 4. The van der Waals surface area contributed by atoms with Crippen molar-refractivity contribution in [2.24, 2.45) is 11.5 Å².